The van der Waals surface area contributed by atoms with Crippen molar-refractivity contribution in [3.8, 4) is 0 Å². The Morgan fingerprint density at radius 1 is 1.57 bits per heavy atom. The lowest BCUT2D eigenvalue weighted by molar-refractivity contribution is 0.0693. The van der Waals surface area contributed by atoms with E-state index >= 15 is 0 Å². The summed E-state index contributed by atoms with van der Waals surface area (Å²) in [6.07, 6.45) is 0.485. The lowest BCUT2D eigenvalue weighted by Gasteiger charge is -2.00. The molecule has 1 aromatic rings. The molecule has 0 fully saturated rings. The number of sulfone groups is 1. The molecule has 0 amide bonds. The second-order valence-corrected chi connectivity index (χ2v) is 5.97. The third-order valence-electron chi connectivity index (χ3n) is 1.62. The first-order valence-corrected chi connectivity index (χ1v) is 6.55. The van der Waals surface area contributed by atoms with Crippen molar-refractivity contribution >= 4 is 27.1 Å². The van der Waals surface area contributed by atoms with Gasteiger partial charge in [0, 0.05) is 0 Å². The Morgan fingerprint density at radius 3 is 2.71 bits per heavy atom. The van der Waals surface area contributed by atoms with E-state index in [1.165, 1.54) is 11.4 Å². The van der Waals surface area contributed by atoms with Crippen LogP contribution in [0.3, 0.4) is 0 Å². The molecule has 0 saturated carbocycles. The Hall–Kier alpha value is -0.880. The summed E-state index contributed by atoms with van der Waals surface area (Å²) in [5.41, 5.74) is -0.122. The average Bonchev–Trinajstić information content (AvgIpc) is 2.51. The van der Waals surface area contributed by atoms with E-state index in [2.05, 4.69) is 0 Å². The minimum Gasteiger partial charge on any atom is -0.478 e. The van der Waals surface area contributed by atoms with E-state index in [-0.39, 0.29) is 15.5 Å². The molecule has 4 nitrogen and oxygen atoms in total. The number of hydrogen-bond donors (Lipinski definition) is 1. The standard InChI is InChI=1S/C8H10O4S2/c1-2-5-14(11,12)8-6(7(9)10)3-4-13-8/h3-4H,2,5H2,1H3,(H,9,10). The van der Waals surface area contributed by atoms with Crippen molar-refractivity contribution in [2.45, 2.75) is 17.6 Å². The summed E-state index contributed by atoms with van der Waals surface area (Å²) < 4.78 is 23.1. The first kappa shape index (κ1) is 11.2. The number of carbonyl (C=O) groups is 1. The average molecular weight is 234 g/mol. The molecule has 0 atom stereocenters. The summed E-state index contributed by atoms with van der Waals surface area (Å²) in [5.74, 6) is -1.20. The predicted molar refractivity (Wildman–Crippen MR) is 53.6 cm³/mol. The van der Waals surface area contributed by atoms with E-state index in [0.29, 0.717) is 6.42 Å². The van der Waals surface area contributed by atoms with Gasteiger partial charge in [0.2, 0.25) is 0 Å². The number of rotatable bonds is 4. The minimum atomic E-state index is -3.40. The Labute approximate surface area is 86.1 Å². The fourth-order valence-corrected chi connectivity index (χ4v) is 3.88. The van der Waals surface area contributed by atoms with Crippen LogP contribution in [0.5, 0.6) is 0 Å². The topological polar surface area (TPSA) is 71.4 Å². The van der Waals surface area contributed by atoms with Gasteiger partial charge in [0.05, 0.1) is 11.3 Å². The highest BCUT2D eigenvalue weighted by Gasteiger charge is 2.22. The molecule has 1 rings (SSSR count). The van der Waals surface area contributed by atoms with Crippen molar-refractivity contribution in [1.82, 2.24) is 0 Å². The molecule has 1 heterocycles. The molecule has 0 aliphatic rings. The molecule has 0 bridgehead atoms. The molecule has 0 aliphatic carbocycles. The largest absolute Gasteiger partial charge is 0.478 e. The lowest BCUT2D eigenvalue weighted by Crippen LogP contribution is -2.08. The minimum absolute atomic E-state index is 0.00616. The summed E-state index contributed by atoms with van der Waals surface area (Å²) in [6.45, 7) is 1.74. The van der Waals surface area contributed by atoms with Crippen LogP contribution in [0.4, 0.5) is 0 Å². The number of thiophene rings is 1. The Morgan fingerprint density at radius 2 is 2.21 bits per heavy atom. The molecule has 1 N–H and O–H groups in total. The zero-order chi connectivity index (χ0) is 10.8. The maximum atomic E-state index is 11.6. The normalized spacial score (nSPS) is 11.5. The van der Waals surface area contributed by atoms with Crippen LogP contribution < -0.4 is 0 Å². The van der Waals surface area contributed by atoms with Crippen LogP contribution in [0.1, 0.15) is 23.7 Å². The fourth-order valence-electron chi connectivity index (χ4n) is 1.06. The van der Waals surface area contributed by atoms with Crippen LogP contribution in [0.2, 0.25) is 0 Å². The molecule has 0 radical (unpaired) electrons. The Bertz CT molecular complexity index is 430. The molecule has 0 aromatic carbocycles. The van der Waals surface area contributed by atoms with Gasteiger partial charge < -0.3 is 5.11 Å². The lowest BCUT2D eigenvalue weighted by atomic mass is 10.4. The van der Waals surface area contributed by atoms with Gasteiger partial charge in [0.25, 0.3) is 0 Å². The smallest absolute Gasteiger partial charge is 0.337 e. The van der Waals surface area contributed by atoms with E-state index < -0.39 is 15.8 Å². The maximum absolute atomic E-state index is 11.6. The van der Waals surface area contributed by atoms with Crippen molar-refractivity contribution in [2.75, 3.05) is 5.75 Å². The van der Waals surface area contributed by atoms with Crippen LogP contribution in [-0.2, 0) is 9.84 Å². The zero-order valence-electron chi connectivity index (χ0n) is 7.56. The second-order valence-electron chi connectivity index (χ2n) is 2.75. The fraction of sp³-hybridized carbons (Fsp3) is 0.375. The van der Waals surface area contributed by atoms with Crippen LogP contribution in [0, 0.1) is 0 Å². The third-order valence-corrected chi connectivity index (χ3v) is 5.10. The number of carboxylic acid groups (broad SMARTS) is 1. The molecule has 6 heteroatoms. The monoisotopic (exact) mass is 234 g/mol. The van der Waals surface area contributed by atoms with Gasteiger partial charge in [-0.3, -0.25) is 0 Å². The van der Waals surface area contributed by atoms with E-state index in [9.17, 15) is 13.2 Å². The highest BCUT2D eigenvalue weighted by Crippen LogP contribution is 2.24. The van der Waals surface area contributed by atoms with Gasteiger partial charge >= 0.3 is 5.97 Å². The molecule has 0 spiro atoms. The SMILES string of the molecule is CCCS(=O)(=O)c1sccc1C(=O)O. The first-order chi connectivity index (χ1) is 6.49. The summed E-state index contributed by atoms with van der Waals surface area (Å²) in [5, 5.41) is 10.2. The van der Waals surface area contributed by atoms with E-state index in [1.807, 2.05) is 0 Å². The molecule has 78 valence electrons. The molecular formula is C8H10O4S2. The molecule has 14 heavy (non-hydrogen) atoms. The van der Waals surface area contributed by atoms with Gasteiger partial charge in [0.15, 0.2) is 9.84 Å². The highest BCUT2D eigenvalue weighted by molar-refractivity contribution is 7.93. The summed E-state index contributed by atoms with van der Waals surface area (Å²) in [7, 11) is -3.40. The summed E-state index contributed by atoms with van der Waals surface area (Å²) in [6, 6.07) is 1.32. The number of carboxylic acids is 1. The Kier molecular flexibility index (Phi) is 3.28. The van der Waals surface area contributed by atoms with Gasteiger partial charge in [-0.2, -0.15) is 0 Å². The van der Waals surface area contributed by atoms with Crippen molar-refractivity contribution in [3.05, 3.63) is 17.0 Å². The molecular weight excluding hydrogens is 224 g/mol. The van der Waals surface area contributed by atoms with Crippen LogP contribution in [-0.4, -0.2) is 25.2 Å². The Balaban J connectivity index is 3.19. The highest BCUT2D eigenvalue weighted by atomic mass is 32.2. The second kappa shape index (κ2) is 4.10. The maximum Gasteiger partial charge on any atom is 0.337 e. The zero-order valence-corrected chi connectivity index (χ0v) is 9.19. The van der Waals surface area contributed by atoms with Crippen LogP contribution in [0.25, 0.3) is 0 Å². The van der Waals surface area contributed by atoms with Gasteiger partial charge in [-0.1, -0.05) is 6.92 Å². The van der Waals surface area contributed by atoms with Crippen molar-refractivity contribution in [3.63, 3.8) is 0 Å². The van der Waals surface area contributed by atoms with Crippen molar-refractivity contribution in [2.24, 2.45) is 0 Å². The molecule has 1 aromatic heterocycles. The summed E-state index contributed by atoms with van der Waals surface area (Å²) in [4.78, 5) is 10.7. The first-order valence-electron chi connectivity index (χ1n) is 4.02. The molecule has 0 saturated heterocycles. The molecule has 0 unspecified atom stereocenters. The van der Waals surface area contributed by atoms with Crippen molar-refractivity contribution < 1.29 is 18.3 Å². The molecule has 0 aliphatic heterocycles. The third kappa shape index (κ3) is 2.13. The number of hydrogen-bond acceptors (Lipinski definition) is 4. The van der Waals surface area contributed by atoms with Gasteiger partial charge in [-0.15, -0.1) is 11.3 Å². The van der Waals surface area contributed by atoms with Gasteiger partial charge in [-0.05, 0) is 17.9 Å². The van der Waals surface area contributed by atoms with E-state index in [4.69, 9.17) is 5.11 Å². The number of aromatic carboxylic acids is 1. The predicted octanol–water partition coefficient (Wildman–Crippen LogP) is 1.63. The quantitative estimate of drug-likeness (QED) is 0.859. The van der Waals surface area contributed by atoms with Crippen LogP contribution >= 0.6 is 11.3 Å². The van der Waals surface area contributed by atoms with E-state index in [1.54, 1.807) is 6.92 Å². The summed E-state index contributed by atoms with van der Waals surface area (Å²) >= 11 is 0.956. The van der Waals surface area contributed by atoms with E-state index in [0.717, 1.165) is 11.3 Å². The van der Waals surface area contributed by atoms with Crippen LogP contribution in [0.15, 0.2) is 15.7 Å². The van der Waals surface area contributed by atoms with Crippen molar-refractivity contribution in [1.29, 1.82) is 0 Å². The van der Waals surface area contributed by atoms with Gasteiger partial charge in [0.1, 0.15) is 4.21 Å². The van der Waals surface area contributed by atoms with Gasteiger partial charge in [-0.25, -0.2) is 13.2 Å².